The molecule has 1 saturated heterocycles. The molecule has 3 N–H and O–H groups in total. The molecule has 2 aromatic rings. The van der Waals surface area contributed by atoms with Gasteiger partial charge in [-0.25, -0.2) is 0 Å². The average Bonchev–Trinajstić information content (AvgIpc) is 2.88. The number of methoxy groups -OCH3 is 1. The van der Waals surface area contributed by atoms with Crippen molar-refractivity contribution in [2.24, 2.45) is 11.7 Å². The van der Waals surface area contributed by atoms with Gasteiger partial charge in [-0.1, -0.05) is 24.3 Å². The predicted octanol–water partition coefficient (Wildman–Crippen LogP) is 2.51. The Morgan fingerprint density at radius 2 is 2.10 bits per heavy atom. The van der Waals surface area contributed by atoms with Gasteiger partial charge in [0.15, 0.2) is 0 Å². The van der Waals surface area contributed by atoms with E-state index in [1.165, 1.54) is 0 Å². The Kier molecular flexibility index (Phi) is 3.74. The zero-order valence-corrected chi connectivity index (χ0v) is 12.5. The number of ether oxygens (including phenoxy) is 1. The number of hydrogen-bond donors (Lipinski definition) is 2. The van der Waals surface area contributed by atoms with Crippen molar-refractivity contribution in [1.29, 1.82) is 0 Å². The van der Waals surface area contributed by atoms with Gasteiger partial charge < -0.3 is 15.6 Å². The summed E-state index contributed by atoms with van der Waals surface area (Å²) in [5.41, 5.74) is 6.78. The Balaban J connectivity index is 2.07. The molecular weight excluding hydrogens is 264 g/mol. The van der Waals surface area contributed by atoms with Crippen LogP contribution in [-0.4, -0.2) is 37.3 Å². The highest BCUT2D eigenvalue weighted by Crippen LogP contribution is 2.42. The fourth-order valence-corrected chi connectivity index (χ4v) is 3.42. The third-order valence-electron chi connectivity index (χ3n) is 4.57. The quantitative estimate of drug-likeness (QED) is 0.910. The van der Waals surface area contributed by atoms with E-state index in [1.54, 1.807) is 7.11 Å². The minimum absolute atomic E-state index is 0.231. The van der Waals surface area contributed by atoms with E-state index >= 15 is 0 Å². The lowest BCUT2D eigenvalue weighted by Gasteiger charge is -2.21. The Morgan fingerprint density at radius 1 is 1.29 bits per heavy atom. The van der Waals surface area contributed by atoms with Crippen molar-refractivity contribution >= 4 is 10.8 Å². The topological polar surface area (TPSA) is 58.7 Å². The molecule has 0 aliphatic carbocycles. The van der Waals surface area contributed by atoms with Crippen molar-refractivity contribution in [2.45, 2.75) is 12.5 Å². The number of hydrogen-bond acceptors (Lipinski definition) is 4. The first-order valence-electron chi connectivity index (χ1n) is 7.34. The van der Waals surface area contributed by atoms with E-state index in [0.29, 0.717) is 18.2 Å². The number of benzene rings is 2. The number of nitrogens with zero attached hydrogens (tertiary/aromatic N) is 1. The van der Waals surface area contributed by atoms with Gasteiger partial charge in [-0.2, -0.15) is 0 Å². The zero-order chi connectivity index (χ0) is 15.0. The van der Waals surface area contributed by atoms with Crippen LogP contribution in [0.25, 0.3) is 10.8 Å². The van der Waals surface area contributed by atoms with Gasteiger partial charge in [0, 0.05) is 28.9 Å². The second kappa shape index (κ2) is 5.54. The van der Waals surface area contributed by atoms with Crippen LogP contribution in [0.2, 0.25) is 0 Å². The Morgan fingerprint density at radius 3 is 2.76 bits per heavy atom. The highest BCUT2D eigenvalue weighted by molar-refractivity contribution is 5.94. The number of aromatic hydroxyl groups is 1. The number of fused-ring (bicyclic) bond motifs is 1. The van der Waals surface area contributed by atoms with Crippen LogP contribution in [0.1, 0.15) is 18.0 Å². The minimum atomic E-state index is 0.231. The molecule has 4 heteroatoms. The van der Waals surface area contributed by atoms with Crippen LogP contribution in [0, 0.1) is 5.92 Å². The molecule has 1 aliphatic heterocycles. The molecule has 0 spiro atoms. The average molecular weight is 286 g/mol. The molecule has 0 saturated carbocycles. The summed E-state index contributed by atoms with van der Waals surface area (Å²) < 4.78 is 5.37. The molecule has 112 valence electrons. The summed E-state index contributed by atoms with van der Waals surface area (Å²) in [6.45, 7) is 1.68. The largest absolute Gasteiger partial charge is 0.507 e. The molecule has 2 aromatic carbocycles. The molecule has 0 aromatic heterocycles. The first kappa shape index (κ1) is 14.2. The predicted molar refractivity (Wildman–Crippen MR) is 84.7 cm³/mol. The van der Waals surface area contributed by atoms with E-state index in [9.17, 15) is 5.11 Å². The van der Waals surface area contributed by atoms with E-state index in [4.69, 9.17) is 10.5 Å². The summed E-state index contributed by atoms with van der Waals surface area (Å²) in [7, 11) is 3.74. The lowest BCUT2D eigenvalue weighted by molar-refractivity contribution is 0.306. The highest BCUT2D eigenvalue weighted by Gasteiger charge is 2.31. The second-order valence-corrected chi connectivity index (χ2v) is 5.85. The Bertz CT molecular complexity index is 657. The van der Waals surface area contributed by atoms with Crippen LogP contribution >= 0.6 is 0 Å². The standard InChI is InChI=1S/C17H22N2O2/c1-19-10-11(9-18)8-15(19)14-7-6-12-13(17(14)20)4-3-5-16(12)21-2/h3-7,11,15,20H,8-10,18H2,1-2H3. The van der Waals surface area contributed by atoms with Crippen LogP contribution in [0.5, 0.6) is 11.5 Å². The Hall–Kier alpha value is -1.78. The molecule has 3 rings (SSSR count). The normalized spacial score (nSPS) is 22.8. The van der Waals surface area contributed by atoms with Gasteiger partial charge in [0.1, 0.15) is 11.5 Å². The number of likely N-dealkylation sites (tertiary alicyclic amines) is 1. The third kappa shape index (κ3) is 2.34. The van der Waals surface area contributed by atoms with Crippen LogP contribution in [0.15, 0.2) is 30.3 Å². The van der Waals surface area contributed by atoms with E-state index in [-0.39, 0.29) is 6.04 Å². The highest BCUT2D eigenvalue weighted by atomic mass is 16.5. The molecule has 0 radical (unpaired) electrons. The van der Waals surface area contributed by atoms with Gasteiger partial charge in [0.2, 0.25) is 0 Å². The third-order valence-corrected chi connectivity index (χ3v) is 4.57. The van der Waals surface area contributed by atoms with Gasteiger partial charge in [0.25, 0.3) is 0 Å². The number of phenols is 1. The Labute approximate surface area is 125 Å². The van der Waals surface area contributed by atoms with E-state index in [2.05, 4.69) is 11.9 Å². The fourth-order valence-electron chi connectivity index (χ4n) is 3.42. The van der Waals surface area contributed by atoms with Crippen molar-refractivity contribution in [3.8, 4) is 11.5 Å². The van der Waals surface area contributed by atoms with Crippen molar-refractivity contribution in [1.82, 2.24) is 4.90 Å². The number of nitrogens with two attached hydrogens (primary N) is 1. The molecular formula is C17H22N2O2. The van der Waals surface area contributed by atoms with Crippen molar-refractivity contribution in [2.75, 3.05) is 27.2 Å². The number of rotatable bonds is 3. The van der Waals surface area contributed by atoms with Crippen LogP contribution in [-0.2, 0) is 0 Å². The molecule has 2 atom stereocenters. The maximum absolute atomic E-state index is 10.7. The molecule has 2 unspecified atom stereocenters. The van der Waals surface area contributed by atoms with E-state index in [0.717, 1.165) is 35.1 Å². The van der Waals surface area contributed by atoms with Crippen molar-refractivity contribution in [3.63, 3.8) is 0 Å². The summed E-state index contributed by atoms with van der Waals surface area (Å²) >= 11 is 0. The molecule has 0 amide bonds. The van der Waals surface area contributed by atoms with E-state index in [1.807, 2.05) is 30.3 Å². The van der Waals surface area contributed by atoms with Crippen molar-refractivity contribution < 1.29 is 9.84 Å². The molecule has 1 aliphatic rings. The first-order valence-corrected chi connectivity index (χ1v) is 7.34. The summed E-state index contributed by atoms with van der Waals surface area (Å²) in [4.78, 5) is 2.28. The fraction of sp³-hybridized carbons (Fsp3) is 0.412. The molecule has 0 bridgehead atoms. The SMILES string of the molecule is COc1cccc2c(O)c(C3CC(CN)CN3C)ccc12. The van der Waals surface area contributed by atoms with Gasteiger partial charge >= 0.3 is 0 Å². The van der Waals surface area contributed by atoms with Crippen LogP contribution in [0.4, 0.5) is 0 Å². The van der Waals surface area contributed by atoms with Crippen LogP contribution in [0.3, 0.4) is 0 Å². The smallest absolute Gasteiger partial charge is 0.128 e. The molecule has 4 nitrogen and oxygen atoms in total. The maximum Gasteiger partial charge on any atom is 0.128 e. The lowest BCUT2D eigenvalue weighted by Crippen LogP contribution is -2.20. The van der Waals surface area contributed by atoms with Gasteiger partial charge in [0.05, 0.1) is 7.11 Å². The van der Waals surface area contributed by atoms with Gasteiger partial charge in [-0.05, 0) is 32.0 Å². The monoisotopic (exact) mass is 286 g/mol. The lowest BCUT2D eigenvalue weighted by atomic mass is 9.96. The van der Waals surface area contributed by atoms with Gasteiger partial charge in [-0.3, -0.25) is 4.90 Å². The summed E-state index contributed by atoms with van der Waals surface area (Å²) in [6, 6.07) is 10.0. The van der Waals surface area contributed by atoms with E-state index < -0.39 is 0 Å². The minimum Gasteiger partial charge on any atom is -0.507 e. The molecule has 21 heavy (non-hydrogen) atoms. The maximum atomic E-state index is 10.7. The summed E-state index contributed by atoms with van der Waals surface area (Å²) in [6.07, 6.45) is 0.996. The van der Waals surface area contributed by atoms with Crippen molar-refractivity contribution in [3.05, 3.63) is 35.9 Å². The summed E-state index contributed by atoms with van der Waals surface area (Å²) in [5, 5.41) is 12.5. The first-order chi connectivity index (χ1) is 10.2. The van der Waals surface area contributed by atoms with Gasteiger partial charge in [-0.15, -0.1) is 0 Å². The zero-order valence-electron chi connectivity index (χ0n) is 12.5. The molecule has 1 heterocycles. The summed E-state index contributed by atoms with van der Waals surface area (Å²) in [5.74, 6) is 1.65. The second-order valence-electron chi connectivity index (χ2n) is 5.85. The van der Waals surface area contributed by atoms with Crippen LogP contribution < -0.4 is 10.5 Å². The number of phenolic OH excluding ortho intramolecular Hbond substituents is 1. The molecule has 1 fully saturated rings.